The van der Waals surface area contributed by atoms with E-state index in [0.717, 1.165) is 59.2 Å². The Bertz CT molecular complexity index is 2490. The number of fused-ring (bicyclic) bond motifs is 40. The molecule has 3 nitrogen and oxygen atoms in total. The van der Waals surface area contributed by atoms with Gasteiger partial charge in [0, 0.05) is 41.7 Å². The topological polar surface area (TPSA) is 21.7 Å². The van der Waals surface area contributed by atoms with Crippen molar-refractivity contribution >= 4 is 16.5 Å². The summed E-state index contributed by atoms with van der Waals surface area (Å²) >= 11 is 0. The standard InChI is InChI=1S/C52H57NO2/c1-20-21(2)25-14-24(20)39-40(25)50(4)46-36-19-35(45(46)49(39,50)3)37-38(36)48(55-10)34-16-28-27(15-33(34)47(37)54-9)31-18-32(28)44-43(31)51(5)41-29-17-30(42(41)52(44,51)6)26-13-22(53(7)8)11-12-23(26)29/h11-13,15-16,24-25,29-32,35-36,39-46H,1-2,14,17-19H2,3-10H3/t24-,25+,29+,30-,31-,32+,35+,36-,39?,40?,41?,42?,43?,44?,45?,46?,49-,50+,51+,52-/m1/s1. The summed E-state index contributed by atoms with van der Waals surface area (Å²) in [4.78, 5) is 2.30. The Kier molecular flexibility index (Phi) is 4.77. The first-order valence-corrected chi connectivity index (χ1v) is 22.3. The number of anilines is 1. The molecule has 20 atom stereocenters. The van der Waals surface area contributed by atoms with E-state index in [1.54, 1.807) is 33.4 Å². The van der Waals surface area contributed by atoms with Crippen molar-refractivity contribution in [1.82, 2.24) is 0 Å². The number of benzene rings is 3. The van der Waals surface area contributed by atoms with Crippen LogP contribution in [0.4, 0.5) is 5.69 Å². The number of allylic oxidation sites excluding steroid dienone is 2. The molecule has 282 valence electrons. The summed E-state index contributed by atoms with van der Waals surface area (Å²) in [5.41, 5.74) is 15.7. The second kappa shape index (κ2) is 8.49. The summed E-state index contributed by atoms with van der Waals surface area (Å²) in [5, 5.41) is 2.69. The molecule has 0 N–H and O–H groups in total. The van der Waals surface area contributed by atoms with Crippen molar-refractivity contribution in [1.29, 1.82) is 0 Å². The van der Waals surface area contributed by atoms with Gasteiger partial charge in [-0.05, 0) is 200 Å². The lowest BCUT2D eigenvalue weighted by Gasteiger charge is -2.84. The van der Waals surface area contributed by atoms with Crippen LogP contribution in [0.3, 0.4) is 0 Å². The zero-order valence-corrected chi connectivity index (χ0v) is 34.1. The third-order valence-electron chi connectivity index (χ3n) is 23.0. The molecule has 3 aromatic carbocycles. The van der Waals surface area contributed by atoms with E-state index in [-0.39, 0.29) is 0 Å². The first-order valence-electron chi connectivity index (χ1n) is 22.3. The van der Waals surface area contributed by atoms with Gasteiger partial charge >= 0.3 is 0 Å². The predicted molar refractivity (Wildman–Crippen MR) is 218 cm³/mol. The zero-order chi connectivity index (χ0) is 37.1. The van der Waals surface area contributed by atoms with E-state index in [1.165, 1.54) is 64.8 Å². The Morgan fingerprint density at radius 3 is 1.25 bits per heavy atom. The van der Waals surface area contributed by atoms with Crippen LogP contribution >= 0.6 is 0 Å². The van der Waals surface area contributed by atoms with Crippen LogP contribution in [0, 0.1) is 80.8 Å². The molecule has 9 fully saturated rings. The molecule has 12 aliphatic rings. The van der Waals surface area contributed by atoms with Gasteiger partial charge < -0.3 is 14.4 Å². The highest BCUT2D eigenvalue weighted by molar-refractivity contribution is 5.99. The van der Waals surface area contributed by atoms with Gasteiger partial charge in [0.1, 0.15) is 11.5 Å². The SMILES string of the molecule is C=C1C(=C)[C@@H]2C[C@H]1C1C2[C@@]2(C)C3C([C@H]4C[C@@H]3c3c4c(OC)c4cc5c(cc4c3OC)[C@@H]3C[C@H]5C4C3[C@@]3(C)C5C([C@H]6C[C@@H]5c5cc(N(C)C)ccc56)[C@@]43C)[C@@]12C. The molecular formula is C52H57NO2. The molecular weight excluding hydrogens is 671 g/mol. The molecule has 0 amide bonds. The minimum absolute atomic E-state index is 0.392. The predicted octanol–water partition coefficient (Wildman–Crippen LogP) is 11.1. The summed E-state index contributed by atoms with van der Waals surface area (Å²) in [6, 6.07) is 12.8. The number of methoxy groups -OCH3 is 2. The maximum atomic E-state index is 6.69. The van der Waals surface area contributed by atoms with E-state index in [0.29, 0.717) is 57.2 Å². The van der Waals surface area contributed by atoms with Gasteiger partial charge in [0.25, 0.3) is 0 Å². The summed E-state index contributed by atoms with van der Waals surface area (Å²) in [7, 11) is 8.35. The normalized spacial score (nSPS) is 53.9. The van der Waals surface area contributed by atoms with Crippen molar-refractivity contribution in [3.05, 3.63) is 88.0 Å². The third-order valence-corrected chi connectivity index (χ3v) is 23.0. The Balaban J connectivity index is 0.855. The lowest BCUT2D eigenvalue weighted by atomic mass is 9.19. The van der Waals surface area contributed by atoms with Gasteiger partial charge in [-0.25, -0.2) is 0 Å². The molecule has 8 unspecified atom stereocenters. The van der Waals surface area contributed by atoms with Crippen molar-refractivity contribution in [2.75, 3.05) is 33.2 Å². The second-order valence-electron chi connectivity index (χ2n) is 22.8. The molecule has 0 spiro atoms. The largest absolute Gasteiger partial charge is 0.496 e. The van der Waals surface area contributed by atoms with Crippen LogP contribution in [0.15, 0.2) is 54.6 Å². The van der Waals surface area contributed by atoms with Crippen molar-refractivity contribution < 1.29 is 9.47 Å². The van der Waals surface area contributed by atoms with Gasteiger partial charge in [0.05, 0.1) is 14.2 Å². The molecule has 0 heterocycles. The fraction of sp³-hybridized carbons (Fsp3) is 0.615. The first kappa shape index (κ1) is 30.9. The minimum atomic E-state index is 0.392. The van der Waals surface area contributed by atoms with Crippen LogP contribution in [-0.2, 0) is 0 Å². The van der Waals surface area contributed by atoms with Gasteiger partial charge in [-0.2, -0.15) is 0 Å². The molecule has 8 bridgehead atoms. The average Bonchev–Trinajstić information content (AvgIpc) is 4.06. The maximum absolute atomic E-state index is 6.69. The molecule has 3 heteroatoms. The fourth-order valence-corrected chi connectivity index (χ4v) is 21.9. The quantitative estimate of drug-likeness (QED) is 0.251. The van der Waals surface area contributed by atoms with E-state index in [9.17, 15) is 0 Å². The van der Waals surface area contributed by atoms with Crippen molar-refractivity contribution in [2.24, 2.45) is 80.8 Å². The van der Waals surface area contributed by atoms with Crippen LogP contribution in [0.2, 0.25) is 0 Å². The molecule has 9 saturated carbocycles. The number of hydrogen-bond acceptors (Lipinski definition) is 3. The van der Waals surface area contributed by atoms with Crippen LogP contribution in [0.25, 0.3) is 10.8 Å². The lowest BCUT2D eigenvalue weighted by Crippen LogP contribution is -2.80. The Hall–Kier alpha value is -3.20. The number of nitrogens with zero attached hydrogens (tertiary/aromatic N) is 1. The van der Waals surface area contributed by atoms with Crippen molar-refractivity contribution in [3.8, 4) is 11.5 Å². The first-order chi connectivity index (χ1) is 26.4. The van der Waals surface area contributed by atoms with Gasteiger partial charge in [-0.3, -0.25) is 0 Å². The highest BCUT2D eigenvalue weighted by Crippen LogP contribution is 2.97. The molecule has 0 radical (unpaired) electrons. The van der Waals surface area contributed by atoms with Crippen molar-refractivity contribution in [2.45, 2.75) is 88.9 Å². The molecule has 0 aliphatic heterocycles. The van der Waals surface area contributed by atoms with Gasteiger partial charge in [-0.15, -0.1) is 0 Å². The van der Waals surface area contributed by atoms with E-state index in [1.807, 2.05) is 14.2 Å². The summed E-state index contributed by atoms with van der Waals surface area (Å²) in [6.07, 6.45) is 5.35. The highest BCUT2D eigenvalue weighted by Gasteiger charge is 2.90. The molecule has 55 heavy (non-hydrogen) atoms. The van der Waals surface area contributed by atoms with E-state index >= 15 is 0 Å². The van der Waals surface area contributed by atoms with Gasteiger partial charge in [0.15, 0.2) is 0 Å². The van der Waals surface area contributed by atoms with Crippen molar-refractivity contribution in [3.63, 3.8) is 0 Å². The zero-order valence-electron chi connectivity index (χ0n) is 34.1. The summed E-state index contributed by atoms with van der Waals surface area (Å²) in [6.45, 7) is 20.2. The third kappa shape index (κ3) is 2.50. The van der Waals surface area contributed by atoms with Crippen LogP contribution in [-0.4, -0.2) is 28.3 Å². The monoisotopic (exact) mass is 727 g/mol. The fourth-order valence-electron chi connectivity index (χ4n) is 21.9. The summed E-state index contributed by atoms with van der Waals surface area (Å²) < 4.78 is 13.4. The van der Waals surface area contributed by atoms with Gasteiger partial charge in [-0.1, -0.05) is 46.9 Å². The highest BCUT2D eigenvalue weighted by atomic mass is 16.5. The maximum Gasteiger partial charge on any atom is 0.130 e. The molecule has 3 aromatic rings. The number of rotatable bonds is 3. The average molecular weight is 728 g/mol. The lowest BCUT2D eigenvalue weighted by molar-refractivity contribution is -0.354. The Morgan fingerprint density at radius 2 is 0.836 bits per heavy atom. The molecule has 0 aromatic heterocycles. The minimum Gasteiger partial charge on any atom is -0.496 e. The molecule has 15 rings (SSSR count). The van der Waals surface area contributed by atoms with Crippen LogP contribution < -0.4 is 14.4 Å². The number of hydrogen-bond donors (Lipinski definition) is 0. The Morgan fingerprint density at radius 1 is 0.491 bits per heavy atom. The Labute approximate surface area is 327 Å². The second-order valence-corrected chi connectivity index (χ2v) is 22.8. The van der Waals surface area contributed by atoms with E-state index < -0.39 is 0 Å². The van der Waals surface area contributed by atoms with E-state index in [4.69, 9.17) is 9.47 Å². The van der Waals surface area contributed by atoms with Crippen LogP contribution in [0.5, 0.6) is 11.5 Å². The molecule has 0 saturated heterocycles. The smallest absolute Gasteiger partial charge is 0.130 e. The van der Waals surface area contributed by atoms with Crippen LogP contribution in [0.1, 0.15) is 122 Å². The van der Waals surface area contributed by atoms with Gasteiger partial charge in [0.2, 0.25) is 0 Å². The molecule has 12 aliphatic carbocycles. The van der Waals surface area contributed by atoms with E-state index in [2.05, 4.69) is 90.2 Å². The summed E-state index contributed by atoms with van der Waals surface area (Å²) in [5.74, 6) is 14.2. The number of ether oxygens (including phenoxy) is 2.